The average molecular weight is 458 g/mol. The third-order valence-electron chi connectivity index (χ3n) is 8.30. The van der Waals surface area contributed by atoms with Gasteiger partial charge in [-0.1, -0.05) is 0 Å². The van der Waals surface area contributed by atoms with E-state index in [-0.39, 0.29) is 41.2 Å². The molecule has 0 radical (unpaired) electrons. The van der Waals surface area contributed by atoms with Crippen LogP contribution in [0.4, 0.5) is 4.39 Å². The lowest BCUT2D eigenvalue weighted by Crippen LogP contribution is -2.44. The van der Waals surface area contributed by atoms with Gasteiger partial charge < -0.3 is 16.0 Å². The highest BCUT2D eigenvalue weighted by Crippen LogP contribution is 2.52. The first-order chi connectivity index (χ1) is 15.8. The molecule has 3 aliphatic rings. The number of carbonyl (C=O) groups is 3. The lowest BCUT2D eigenvalue weighted by Gasteiger charge is -2.35. The summed E-state index contributed by atoms with van der Waals surface area (Å²) < 4.78 is 13.1. The van der Waals surface area contributed by atoms with Gasteiger partial charge in [0.1, 0.15) is 5.82 Å². The van der Waals surface area contributed by atoms with Gasteiger partial charge in [0.25, 0.3) is 0 Å². The van der Waals surface area contributed by atoms with Crippen LogP contribution in [0.2, 0.25) is 0 Å². The predicted octanol–water partition coefficient (Wildman–Crippen LogP) is 3.15. The van der Waals surface area contributed by atoms with Crippen LogP contribution in [0.5, 0.6) is 0 Å². The van der Waals surface area contributed by atoms with Crippen molar-refractivity contribution in [2.75, 3.05) is 19.6 Å². The van der Waals surface area contributed by atoms with Crippen molar-refractivity contribution >= 4 is 17.6 Å². The number of primary amides is 1. The smallest absolute Gasteiger partial charge is 0.224 e. The lowest BCUT2D eigenvalue weighted by molar-refractivity contribution is -0.135. The van der Waals surface area contributed by atoms with E-state index in [9.17, 15) is 18.8 Å². The number of likely N-dealkylation sites (tertiary alicyclic amines) is 1. The molecule has 1 aromatic rings. The first-order valence-corrected chi connectivity index (χ1v) is 12.5. The molecule has 33 heavy (non-hydrogen) atoms. The van der Waals surface area contributed by atoms with Gasteiger partial charge in [0.05, 0.1) is 11.8 Å². The number of hydrogen-bond donors (Lipinski definition) is 2. The molecule has 1 aromatic carbocycles. The number of fused-ring (bicyclic) bond motifs is 2. The van der Waals surface area contributed by atoms with Crippen LogP contribution in [-0.4, -0.2) is 48.2 Å². The van der Waals surface area contributed by atoms with Crippen molar-refractivity contribution in [2.45, 2.75) is 57.9 Å². The molecule has 2 amide bonds. The van der Waals surface area contributed by atoms with Crippen LogP contribution in [0.15, 0.2) is 24.3 Å². The maximum atomic E-state index is 13.1. The van der Waals surface area contributed by atoms with Crippen LogP contribution in [0.3, 0.4) is 0 Å². The van der Waals surface area contributed by atoms with E-state index in [1.54, 1.807) is 12.1 Å². The van der Waals surface area contributed by atoms with E-state index in [1.165, 1.54) is 12.1 Å². The van der Waals surface area contributed by atoms with E-state index in [0.717, 1.165) is 58.0 Å². The number of nitrogens with one attached hydrogen (secondary N) is 1. The highest BCUT2D eigenvalue weighted by Gasteiger charge is 2.53. The topological polar surface area (TPSA) is 92.5 Å². The van der Waals surface area contributed by atoms with Crippen molar-refractivity contribution < 1.29 is 18.8 Å². The fraction of sp³-hybridized carbons (Fsp3) is 0.654. The molecule has 3 N–H and O–H groups in total. The zero-order valence-electron chi connectivity index (χ0n) is 19.5. The Hall–Kier alpha value is -2.28. The van der Waals surface area contributed by atoms with Crippen LogP contribution in [0.1, 0.15) is 62.2 Å². The predicted molar refractivity (Wildman–Crippen MR) is 124 cm³/mol. The molecule has 1 saturated heterocycles. The van der Waals surface area contributed by atoms with E-state index < -0.39 is 0 Å². The number of nitrogens with zero attached hydrogens (tertiary/aromatic N) is 1. The van der Waals surface area contributed by atoms with Crippen LogP contribution < -0.4 is 11.1 Å². The Morgan fingerprint density at radius 3 is 2.33 bits per heavy atom. The van der Waals surface area contributed by atoms with Gasteiger partial charge in [0, 0.05) is 24.1 Å². The largest absolute Gasteiger partial charge is 0.369 e. The first kappa shape index (κ1) is 23.9. The molecule has 2 bridgehead atoms. The number of rotatable bonds is 9. The van der Waals surface area contributed by atoms with Crippen LogP contribution in [0, 0.1) is 35.4 Å². The molecule has 7 heteroatoms. The Kier molecular flexibility index (Phi) is 7.47. The van der Waals surface area contributed by atoms with Crippen molar-refractivity contribution in [3.05, 3.63) is 35.6 Å². The Bertz CT molecular complexity index is 866. The van der Waals surface area contributed by atoms with Crippen LogP contribution in [0.25, 0.3) is 0 Å². The number of ketones is 1. The summed E-state index contributed by atoms with van der Waals surface area (Å²) in [6, 6.07) is 6.21. The Balaban J connectivity index is 1.16. The summed E-state index contributed by atoms with van der Waals surface area (Å²) in [7, 11) is 0. The van der Waals surface area contributed by atoms with Crippen molar-refractivity contribution in [1.29, 1.82) is 0 Å². The summed E-state index contributed by atoms with van der Waals surface area (Å²) in [5, 5.41) is 3.06. The molecule has 0 spiro atoms. The van der Waals surface area contributed by atoms with Crippen molar-refractivity contribution in [1.82, 2.24) is 10.2 Å². The quantitative estimate of drug-likeness (QED) is 0.440. The normalized spacial score (nSPS) is 28.5. The minimum atomic E-state index is -0.324. The number of halogens is 1. The van der Waals surface area contributed by atoms with E-state index in [0.29, 0.717) is 30.0 Å². The molecule has 2 saturated carbocycles. The summed E-state index contributed by atoms with van der Waals surface area (Å²) in [4.78, 5) is 39.7. The van der Waals surface area contributed by atoms with Gasteiger partial charge >= 0.3 is 0 Å². The second-order valence-corrected chi connectivity index (χ2v) is 10.3. The van der Waals surface area contributed by atoms with Gasteiger partial charge in [-0.2, -0.15) is 0 Å². The van der Waals surface area contributed by atoms with Crippen LogP contribution >= 0.6 is 0 Å². The molecule has 1 heterocycles. The second-order valence-electron chi connectivity index (χ2n) is 10.3. The zero-order chi connectivity index (χ0) is 23.5. The number of piperidine rings is 1. The minimum absolute atomic E-state index is 0.00114. The standard InChI is InChI=1S/C26H36FN3O3/c1-16(30-13-10-18(11-14-30)24(31)17-6-8-21(27)9-7-17)3-2-12-29-26(33)23-20-5-4-19(15-20)22(23)25(28)32/h6-9,16,18-20,22-23H,2-5,10-15H2,1H3,(H2,28,32)(H,29,33). The molecule has 5 atom stereocenters. The molecule has 4 rings (SSSR count). The summed E-state index contributed by atoms with van der Waals surface area (Å²) in [5.74, 6) is -0.465. The van der Waals surface area contributed by atoms with Crippen LogP contribution in [-0.2, 0) is 9.59 Å². The van der Waals surface area contributed by atoms with Gasteiger partial charge in [-0.3, -0.25) is 14.4 Å². The second kappa shape index (κ2) is 10.3. The highest BCUT2D eigenvalue weighted by molar-refractivity contribution is 5.97. The number of amides is 2. The molecular weight excluding hydrogens is 421 g/mol. The number of benzene rings is 1. The average Bonchev–Trinajstić information content (AvgIpc) is 3.44. The maximum Gasteiger partial charge on any atom is 0.224 e. The van der Waals surface area contributed by atoms with E-state index >= 15 is 0 Å². The maximum absolute atomic E-state index is 13.1. The molecule has 2 aliphatic carbocycles. The third-order valence-corrected chi connectivity index (χ3v) is 8.30. The lowest BCUT2D eigenvalue weighted by atomic mass is 9.78. The SMILES string of the molecule is CC(CCCNC(=O)C1C2CCC(C2)C1C(N)=O)N1CCC(C(=O)c2ccc(F)cc2)CC1. The Morgan fingerprint density at radius 1 is 1.06 bits per heavy atom. The van der Waals surface area contributed by atoms with Crippen molar-refractivity contribution in [3.63, 3.8) is 0 Å². The number of Topliss-reactive ketones (excluding diaryl/α,β-unsaturated/α-hetero) is 1. The molecule has 6 nitrogen and oxygen atoms in total. The Labute approximate surface area is 195 Å². The highest BCUT2D eigenvalue weighted by atomic mass is 19.1. The van der Waals surface area contributed by atoms with Crippen molar-refractivity contribution in [3.8, 4) is 0 Å². The summed E-state index contributed by atoms with van der Waals surface area (Å²) in [5.41, 5.74) is 6.19. The van der Waals surface area contributed by atoms with Crippen molar-refractivity contribution in [2.24, 2.45) is 35.3 Å². The molecule has 5 unspecified atom stereocenters. The zero-order valence-corrected chi connectivity index (χ0v) is 19.5. The van der Waals surface area contributed by atoms with Gasteiger partial charge in [-0.05, 0) is 101 Å². The molecule has 0 aromatic heterocycles. The fourth-order valence-corrected chi connectivity index (χ4v) is 6.44. The summed E-state index contributed by atoms with van der Waals surface area (Å²) in [6.07, 6.45) is 6.49. The third kappa shape index (κ3) is 5.29. The van der Waals surface area contributed by atoms with E-state index in [4.69, 9.17) is 5.73 Å². The fourth-order valence-electron chi connectivity index (χ4n) is 6.44. The number of hydrogen-bond acceptors (Lipinski definition) is 4. The molecular formula is C26H36FN3O3. The number of carbonyl (C=O) groups excluding carboxylic acids is 3. The van der Waals surface area contributed by atoms with E-state index in [2.05, 4.69) is 17.1 Å². The molecule has 1 aliphatic heterocycles. The van der Waals surface area contributed by atoms with Gasteiger partial charge in [0.2, 0.25) is 11.8 Å². The number of nitrogens with two attached hydrogens (primary N) is 1. The minimum Gasteiger partial charge on any atom is -0.369 e. The summed E-state index contributed by atoms with van der Waals surface area (Å²) in [6.45, 7) is 4.55. The molecule has 3 fully saturated rings. The van der Waals surface area contributed by atoms with Gasteiger partial charge in [-0.15, -0.1) is 0 Å². The van der Waals surface area contributed by atoms with E-state index in [1.807, 2.05) is 0 Å². The molecule has 180 valence electrons. The monoisotopic (exact) mass is 457 g/mol. The van der Waals surface area contributed by atoms with Gasteiger partial charge in [-0.25, -0.2) is 4.39 Å². The Morgan fingerprint density at radius 2 is 1.70 bits per heavy atom. The van der Waals surface area contributed by atoms with Gasteiger partial charge in [0.15, 0.2) is 5.78 Å². The summed E-state index contributed by atoms with van der Waals surface area (Å²) >= 11 is 0. The first-order valence-electron chi connectivity index (χ1n) is 12.5.